The molecule has 1 aromatic carbocycles. The van der Waals surface area contributed by atoms with Crippen molar-refractivity contribution >= 4 is 11.7 Å². The van der Waals surface area contributed by atoms with Crippen molar-refractivity contribution in [3.63, 3.8) is 0 Å². The van der Waals surface area contributed by atoms with Gasteiger partial charge < -0.3 is 15.9 Å². The van der Waals surface area contributed by atoms with Crippen LogP contribution in [0.25, 0.3) is 0 Å². The Balaban J connectivity index is 3.12. The zero-order chi connectivity index (χ0) is 12.3. The van der Waals surface area contributed by atoms with Crippen LogP contribution in [0.5, 0.6) is 0 Å². The second-order valence-corrected chi connectivity index (χ2v) is 3.12. The third-order valence-corrected chi connectivity index (χ3v) is 2.08. The molecule has 0 aliphatic heterocycles. The summed E-state index contributed by atoms with van der Waals surface area (Å²) in [6, 6.07) is 3.72. The number of carbonyl (C=O) groups is 1. The van der Waals surface area contributed by atoms with Gasteiger partial charge in [-0.15, -0.1) is 0 Å². The van der Waals surface area contributed by atoms with E-state index in [4.69, 9.17) is 10.8 Å². The van der Waals surface area contributed by atoms with Gasteiger partial charge in [-0.25, -0.2) is 0 Å². The topological polar surface area (TPSA) is 127 Å². The number of carboxylic acids is 1. The SMILES string of the molecule is N[C@H](C(=O)O)C(O)c1ccccc1[N+](=O)[O-]. The number of hydrogen-bond acceptors (Lipinski definition) is 5. The highest BCUT2D eigenvalue weighted by Crippen LogP contribution is 2.26. The van der Waals surface area contributed by atoms with Crippen molar-refractivity contribution in [1.29, 1.82) is 0 Å². The van der Waals surface area contributed by atoms with Gasteiger partial charge in [-0.05, 0) is 6.07 Å². The van der Waals surface area contributed by atoms with Crippen LogP contribution >= 0.6 is 0 Å². The van der Waals surface area contributed by atoms with Gasteiger partial charge in [-0.1, -0.05) is 12.1 Å². The monoisotopic (exact) mass is 226 g/mol. The Labute approximate surface area is 90.3 Å². The van der Waals surface area contributed by atoms with E-state index in [1.165, 1.54) is 24.3 Å². The lowest BCUT2D eigenvalue weighted by atomic mass is 10.0. The van der Waals surface area contributed by atoms with Crippen molar-refractivity contribution in [2.24, 2.45) is 5.73 Å². The fourth-order valence-electron chi connectivity index (χ4n) is 1.23. The molecule has 0 spiro atoms. The molecule has 0 saturated heterocycles. The number of aliphatic hydroxyl groups is 1. The number of carboxylic acid groups (broad SMARTS) is 1. The number of para-hydroxylation sites is 1. The molecule has 0 aromatic heterocycles. The average molecular weight is 226 g/mol. The molecule has 0 fully saturated rings. The van der Waals surface area contributed by atoms with Crippen molar-refractivity contribution in [2.75, 3.05) is 0 Å². The third kappa shape index (κ3) is 2.33. The Bertz CT molecular complexity index is 420. The largest absolute Gasteiger partial charge is 0.480 e. The van der Waals surface area contributed by atoms with Gasteiger partial charge >= 0.3 is 5.97 Å². The molecule has 0 aliphatic rings. The molecule has 7 heteroatoms. The molecule has 0 saturated carbocycles. The second kappa shape index (κ2) is 4.69. The van der Waals surface area contributed by atoms with Gasteiger partial charge in [0.25, 0.3) is 5.69 Å². The summed E-state index contributed by atoms with van der Waals surface area (Å²) in [5, 5.41) is 28.8. The molecule has 0 aliphatic carbocycles. The van der Waals surface area contributed by atoms with Crippen LogP contribution in [-0.2, 0) is 4.79 Å². The van der Waals surface area contributed by atoms with E-state index in [1.807, 2.05) is 0 Å². The molecule has 1 aromatic rings. The first kappa shape index (κ1) is 12.1. The minimum Gasteiger partial charge on any atom is -0.480 e. The molecule has 86 valence electrons. The van der Waals surface area contributed by atoms with Crippen LogP contribution in [0.3, 0.4) is 0 Å². The standard InChI is InChI=1S/C9H10N2O5/c10-7(9(13)14)8(12)5-3-1-2-4-6(5)11(15)16/h1-4,7-8,12H,10H2,(H,13,14)/t7-,8?/m0/s1. The maximum atomic E-state index is 10.6. The Hall–Kier alpha value is -1.99. The van der Waals surface area contributed by atoms with Crippen LogP contribution in [-0.4, -0.2) is 27.1 Å². The molecule has 2 atom stereocenters. The minimum atomic E-state index is -1.61. The Morgan fingerprint density at radius 3 is 2.50 bits per heavy atom. The van der Waals surface area contributed by atoms with Crippen LogP contribution in [0.1, 0.15) is 11.7 Å². The first-order valence-corrected chi connectivity index (χ1v) is 4.35. The number of nitro groups is 1. The number of benzene rings is 1. The summed E-state index contributed by atoms with van der Waals surface area (Å²) >= 11 is 0. The maximum absolute atomic E-state index is 10.6. The van der Waals surface area contributed by atoms with Crippen molar-refractivity contribution in [1.82, 2.24) is 0 Å². The maximum Gasteiger partial charge on any atom is 0.323 e. The summed E-state index contributed by atoms with van der Waals surface area (Å²) < 4.78 is 0. The number of nitro benzene ring substituents is 1. The highest BCUT2D eigenvalue weighted by molar-refractivity contribution is 5.74. The first-order chi connectivity index (χ1) is 7.45. The molecular weight excluding hydrogens is 216 g/mol. The number of rotatable bonds is 4. The van der Waals surface area contributed by atoms with Crippen LogP contribution in [0.4, 0.5) is 5.69 Å². The number of hydrogen-bond donors (Lipinski definition) is 3. The highest BCUT2D eigenvalue weighted by Gasteiger charge is 2.28. The fraction of sp³-hybridized carbons (Fsp3) is 0.222. The quantitative estimate of drug-likeness (QED) is 0.491. The van der Waals surface area contributed by atoms with Crippen molar-refractivity contribution in [2.45, 2.75) is 12.1 Å². The minimum absolute atomic E-state index is 0.109. The molecule has 0 amide bonds. The first-order valence-electron chi connectivity index (χ1n) is 4.35. The fourth-order valence-corrected chi connectivity index (χ4v) is 1.23. The van der Waals surface area contributed by atoms with Gasteiger partial charge in [0.05, 0.1) is 10.5 Å². The van der Waals surface area contributed by atoms with Gasteiger partial charge in [0.1, 0.15) is 12.1 Å². The molecule has 0 heterocycles. The van der Waals surface area contributed by atoms with E-state index >= 15 is 0 Å². The van der Waals surface area contributed by atoms with Gasteiger partial charge in [-0.2, -0.15) is 0 Å². The molecular formula is C9H10N2O5. The number of aliphatic carboxylic acids is 1. The van der Waals surface area contributed by atoms with E-state index in [0.717, 1.165) is 0 Å². The van der Waals surface area contributed by atoms with E-state index < -0.39 is 23.0 Å². The summed E-state index contributed by atoms with van der Waals surface area (Å²) in [5.74, 6) is -1.43. The summed E-state index contributed by atoms with van der Waals surface area (Å²) in [4.78, 5) is 20.5. The lowest BCUT2D eigenvalue weighted by Gasteiger charge is -2.14. The summed E-state index contributed by atoms with van der Waals surface area (Å²) in [6.45, 7) is 0. The van der Waals surface area contributed by atoms with E-state index in [0.29, 0.717) is 0 Å². The summed E-state index contributed by atoms with van der Waals surface area (Å²) in [6.07, 6.45) is -1.61. The van der Waals surface area contributed by atoms with E-state index in [2.05, 4.69) is 0 Å². The van der Waals surface area contributed by atoms with Crippen LogP contribution in [0, 0.1) is 10.1 Å². The van der Waals surface area contributed by atoms with E-state index in [9.17, 15) is 20.0 Å². The zero-order valence-electron chi connectivity index (χ0n) is 8.11. The Morgan fingerprint density at radius 1 is 1.44 bits per heavy atom. The zero-order valence-corrected chi connectivity index (χ0v) is 8.11. The van der Waals surface area contributed by atoms with Crippen molar-refractivity contribution in [3.8, 4) is 0 Å². The lowest BCUT2D eigenvalue weighted by molar-refractivity contribution is -0.386. The van der Waals surface area contributed by atoms with Crippen LogP contribution < -0.4 is 5.73 Å². The number of nitrogens with two attached hydrogens (primary N) is 1. The normalized spacial score (nSPS) is 14.1. The van der Waals surface area contributed by atoms with Gasteiger partial charge in [0.2, 0.25) is 0 Å². The molecule has 0 bridgehead atoms. The smallest absolute Gasteiger partial charge is 0.323 e. The second-order valence-electron chi connectivity index (χ2n) is 3.12. The molecule has 0 radical (unpaired) electrons. The average Bonchev–Trinajstić information content (AvgIpc) is 2.26. The Morgan fingerprint density at radius 2 is 2.00 bits per heavy atom. The number of nitrogens with zero attached hydrogens (tertiary/aromatic N) is 1. The lowest BCUT2D eigenvalue weighted by Crippen LogP contribution is -2.36. The van der Waals surface area contributed by atoms with Gasteiger partial charge in [0, 0.05) is 6.07 Å². The molecule has 7 nitrogen and oxygen atoms in total. The summed E-state index contributed by atoms with van der Waals surface area (Å²) in [7, 11) is 0. The van der Waals surface area contributed by atoms with Crippen molar-refractivity contribution in [3.05, 3.63) is 39.9 Å². The van der Waals surface area contributed by atoms with Crippen LogP contribution in [0.15, 0.2) is 24.3 Å². The highest BCUT2D eigenvalue weighted by atomic mass is 16.6. The predicted molar refractivity (Wildman–Crippen MR) is 53.7 cm³/mol. The van der Waals surface area contributed by atoms with E-state index in [1.54, 1.807) is 0 Å². The van der Waals surface area contributed by atoms with Gasteiger partial charge in [-0.3, -0.25) is 14.9 Å². The van der Waals surface area contributed by atoms with Crippen molar-refractivity contribution < 1.29 is 19.9 Å². The molecule has 4 N–H and O–H groups in total. The summed E-state index contributed by atoms with van der Waals surface area (Å²) in [5.41, 5.74) is 4.73. The van der Waals surface area contributed by atoms with Crippen LogP contribution in [0.2, 0.25) is 0 Å². The predicted octanol–water partition coefficient (Wildman–Crippen LogP) is 0.0401. The van der Waals surface area contributed by atoms with E-state index in [-0.39, 0.29) is 11.3 Å². The Kier molecular flexibility index (Phi) is 3.54. The third-order valence-electron chi connectivity index (χ3n) is 2.08. The van der Waals surface area contributed by atoms with Gasteiger partial charge in [0.15, 0.2) is 0 Å². The number of aliphatic hydroxyl groups excluding tert-OH is 1. The molecule has 16 heavy (non-hydrogen) atoms. The molecule has 1 unspecified atom stereocenters. The molecule has 1 rings (SSSR count).